The van der Waals surface area contributed by atoms with Gasteiger partial charge in [-0.05, 0) is 37.0 Å². The van der Waals surface area contributed by atoms with Crippen molar-refractivity contribution in [3.63, 3.8) is 0 Å². The summed E-state index contributed by atoms with van der Waals surface area (Å²) in [7, 11) is 0. The first-order valence-corrected chi connectivity index (χ1v) is 10.6. The van der Waals surface area contributed by atoms with Crippen LogP contribution in [-0.4, -0.2) is 39.2 Å². The fraction of sp³-hybridized carbons (Fsp3) is 0.318. The average molecular weight is 394 g/mol. The Balaban J connectivity index is 1.64. The van der Waals surface area contributed by atoms with Crippen molar-refractivity contribution in [3.05, 3.63) is 70.5 Å². The summed E-state index contributed by atoms with van der Waals surface area (Å²) in [6.07, 6.45) is 3.34. The number of nitrogens with zero attached hydrogens (tertiary/aromatic N) is 3. The van der Waals surface area contributed by atoms with E-state index in [1.807, 2.05) is 53.4 Å². The second-order valence-corrected chi connectivity index (χ2v) is 7.96. The molecule has 1 amide bonds. The molecule has 0 bridgehead atoms. The quantitative estimate of drug-likeness (QED) is 0.491. The fourth-order valence-corrected chi connectivity index (χ4v) is 4.43. The minimum atomic E-state index is -0.0672. The van der Waals surface area contributed by atoms with Gasteiger partial charge in [0.2, 0.25) is 5.91 Å². The molecule has 0 aliphatic carbocycles. The third kappa shape index (κ3) is 4.12. The lowest BCUT2D eigenvalue weighted by atomic mass is 10.1. The summed E-state index contributed by atoms with van der Waals surface area (Å²) >= 11 is 1.36. The summed E-state index contributed by atoms with van der Waals surface area (Å²) in [5.41, 5.74) is 1.64. The summed E-state index contributed by atoms with van der Waals surface area (Å²) in [6.45, 7) is 2.11. The summed E-state index contributed by atoms with van der Waals surface area (Å²) in [4.78, 5) is 32.3. The molecule has 4 rings (SSSR count). The first kappa shape index (κ1) is 18.7. The van der Waals surface area contributed by atoms with Crippen LogP contribution in [-0.2, 0) is 11.3 Å². The second-order valence-electron chi connectivity index (χ2n) is 7.02. The number of amides is 1. The van der Waals surface area contributed by atoms with Gasteiger partial charge >= 0.3 is 0 Å². The highest BCUT2D eigenvalue weighted by Gasteiger charge is 2.18. The van der Waals surface area contributed by atoms with Gasteiger partial charge in [0.25, 0.3) is 5.56 Å². The molecular weight excluding hydrogens is 370 g/mol. The maximum Gasteiger partial charge on any atom is 0.262 e. The van der Waals surface area contributed by atoms with Gasteiger partial charge in [0.15, 0.2) is 5.16 Å². The number of likely N-dealkylation sites (tertiary alicyclic amines) is 1. The highest BCUT2D eigenvalue weighted by atomic mass is 32.2. The van der Waals surface area contributed by atoms with E-state index in [4.69, 9.17) is 4.98 Å². The molecule has 1 aliphatic heterocycles. The van der Waals surface area contributed by atoms with Crippen molar-refractivity contribution in [1.29, 1.82) is 0 Å². The van der Waals surface area contributed by atoms with Gasteiger partial charge in [-0.25, -0.2) is 4.98 Å². The summed E-state index contributed by atoms with van der Waals surface area (Å²) in [5, 5.41) is 1.20. The predicted octanol–water partition coefficient (Wildman–Crippen LogP) is 3.55. The van der Waals surface area contributed by atoms with Gasteiger partial charge in [0.05, 0.1) is 23.2 Å². The summed E-state index contributed by atoms with van der Waals surface area (Å²) in [5.74, 6) is 0.429. The van der Waals surface area contributed by atoms with Crippen LogP contribution in [0.25, 0.3) is 10.9 Å². The van der Waals surface area contributed by atoms with E-state index in [2.05, 4.69) is 0 Å². The number of para-hydroxylation sites is 1. The van der Waals surface area contributed by atoms with Crippen LogP contribution in [0, 0.1) is 0 Å². The number of thioether (sulfide) groups is 1. The molecule has 144 valence electrons. The Labute approximate surface area is 168 Å². The number of carbonyl (C=O) groups excluding carboxylic acids is 1. The number of aromatic nitrogens is 2. The number of fused-ring (bicyclic) bond motifs is 1. The molecule has 6 heteroatoms. The molecule has 2 aromatic carbocycles. The summed E-state index contributed by atoms with van der Waals surface area (Å²) < 4.78 is 1.69. The molecule has 0 unspecified atom stereocenters. The number of benzene rings is 2. The number of piperidine rings is 1. The van der Waals surface area contributed by atoms with Crippen molar-refractivity contribution >= 4 is 28.6 Å². The lowest BCUT2D eigenvalue weighted by Gasteiger charge is -2.26. The molecule has 28 heavy (non-hydrogen) atoms. The zero-order valence-electron chi connectivity index (χ0n) is 15.7. The first-order valence-electron chi connectivity index (χ1n) is 9.66. The Morgan fingerprint density at radius 1 is 0.964 bits per heavy atom. The Bertz CT molecular complexity index is 1030. The molecule has 0 radical (unpaired) electrons. The van der Waals surface area contributed by atoms with Crippen LogP contribution in [0.15, 0.2) is 64.5 Å². The number of rotatable bonds is 5. The molecule has 0 N–H and O–H groups in total. The van der Waals surface area contributed by atoms with Crippen LogP contribution in [0.3, 0.4) is 0 Å². The Kier molecular flexibility index (Phi) is 5.76. The molecule has 1 aliphatic rings. The van der Waals surface area contributed by atoms with Crippen molar-refractivity contribution < 1.29 is 4.79 Å². The van der Waals surface area contributed by atoms with E-state index in [0.29, 0.717) is 28.4 Å². The van der Waals surface area contributed by atoms with E-state index in [1.54, 1.807) is 10.6 Å². The number of hydrogen-bond donors (Lipinski definition) is 0. The lowest BCUT2D eigenvalue weighted by molar-refractivity contribution is -0.129. The van der Waals surface area contributed by atoms with E-state index in [9.17, 15) is 9.59 Å². The Morgan fingerprint density at radius 2 is 1.68 bits per heavy atom. The number of hydrogen-bond acceptors (Lipinski definition) is 4. The van der Waals surface area contributed by atoms with Crippen molar-refractivity contribution in [2.45, 2.75) is 31.0 Å². The monoisotopic (exact) mass is 393 g/mol. The van der Waals surface area contributed by atoms with E-state index in [1.165, 1.54) is 18.2 Å². The molecule has 0 saturated carbocycles. The molecule has 3 aromatic rings. The van der Waals surface area contributed by atoms with Crippen LogP contribution >= 0.6 is 11.8 Å². The Morgan fingerprint density at radius 3 is 2.46 bits per heavy atom. The van der Waals surface area contributed by atoms with Gasteiger partial charge in [-0.15, -0.1) is 0 Å². The third-order valence-corrected chi connectivity index (χ3v) is 6.00. The molecule has 0 atom stereocenters. The lowest BCUT2D eigenvalue weighted by Crippen LogP contribution is -2.37. The van der Waals surface area contributed by atoms with Crippen molar-refractivity contribution in [2.75, 3.05) is 18.8 Å². The van der Waals surface area contributed by atoms with Crippen LogP contribution in [0.1, 0.15) is 24.8 Å². The fourth-order valence-electron chi connectivity index (χ4n) is 3.52. The predicted molar refractivity (Wildman–Crippen MR) is 113 cm³/mol. The molecule has 2 heterocycles. The topological polar surface area (TPSA) is 55.2 Å². The minimum Gasteiger partial charge on any atom is -0.342 e. The Hall–Kier alpha value is -2.60. The van der Waals surface area contributed by atoms with Gasteiger partial charge in [0.1, 0.15) is 0 Å². The minimum absolute atomic E-state index is 0.0672. The normalized spacial score (nSPS) is 14.4. The van der Waals surface area contributed by atoms with Crippen LogP contribution in [0.5, 0.6) is 0 Å². The maximum absolute atomic E-state index is 13.1. The highest BCUT2D eigenvalue weighted by Crippen LogP contribution is 2.20. The summed E-state index contributed by atoms with van der Waals surface area (Å²) in [6, 6.07) is 17.2. The third-order valence-electron chi connectivity index (χ3n) is 5.04. The van der Waals surface area contributed by atoms with E-state index in [-0.39, 0.29) is 11.5 Å². The number of carbonyl (C=O) groups is 1. The van der Waals surface area contributed by atoms with Gasteiger partial charge in [0, 0.05) is 13.1 Å². The molecule has 1 fully saturated rings. The van der Waals surface area contributed by atoms with Crippen LogP contribution < -0.4 is 5.56 Å². The zero-order valence-corrected chi connectivity index (χ0v) is 16.5. The molecule has 5 nitrogen and oxygen atoms in total. The van der Waals surface area contributed by atoms with Crippen molar-refractivity contribution in [1.82, 2.24) is 14.5 Å². The second kappa shape index (κ2) is 8.61. The highest BCUT2D eigenvalue weighted by molar-refractivity contribution is 7.99. The largest absolute Gasteiger partial charge is 0.342 e. The van der Waals surface area contributed by atoms with Gasteiger partial charge in [-0.1, -0.05) is 54.2 Å². The molecule has 1 saturated heterocycles. The smallest absolute Gasteiger partial charge is 0.262 e. The van der Waals surface area contributed by atoms with E-state index in [0.717, 1.165) is 31.5 Å². The van der Waals surface area contributed by atoms with E-state index < -0.39 is 0 Å². The van der Waals surface area contributed by atoms with Crippen molar-refractivity contribution in [3.8, 4) is 0 Å². The van der Waals surface area contributed by atoms with Crippen LogP contribution in [0.2, 0.25) is 0 Å². The van der Waals surface area contributed by atoms with Gasteiger partial charge < -0.3 is 4.90 Å². The maximum atomic E-state index is 13.1. The van der Waals surface area contributed by atoms with Gasteiger partial charge in [-0.3, -0.25) is 14.2 Å². The standard InChI is InChI=1S/C22H23N3O2S/c26-20(24-13-7-2-8-14-24)16-28-22-23-19-12-6-5-11-18(19)21(27)25(22)15-17-9-3-1-4-10-17/h1,3-6,9-12H,2,7-8,13-16H2. The molecule has 0 spiro atoms. The average Bonchev–Trinajstić information content (AvgIpc) is 2.75. The first-order chi connectivity index (χ1) is 13.7. The molecule has 1 aromatic heterocycles. The zero-order chi connectivity index (χ0) is 19.3. The van der Waals surface area contributed by atoms with Gasteiger partial charge in [-0.2, -0.15) is 0 Å². The van der Waals surface area contributed by atoms with E-state index >= 15 is 0 Å². The van der Waals surface area contributed by atoms with Crippen LogP contribution in [0.4, 0.5) is 0 Å². The SMILES string of the molecule is O=C(CSc1nc2ccccc2c(=O)n1Cc1ccccc1)N1CCCCC1. The molecular formula is C22H23N3O2S. The van der Waals surface area contributed by atoms with Crippen molar-refractivity contribution in [2.24, 2.45) is 0 Å².